The summed E-state index contributed by atoms with van der Waals surface area (Å²) in [5.41, 5.74) is 1.12. The molecule has 0 N–H and O–H groups in total. The number of carbonyl (C=O) groups is 1. The van der Waals surface area contributed by atoms with Crippen LogP contribution in [0.4, 0.5) is 0 Å². The molecule has 6 heteroatoms. The van der Waals surface area contributed by atoms with Gasteiger partial charge in [-0.1, -0.05) is 0 Å². The number of hydrogen-bond donors (Lipinski definition) is 0. The van der Waals surface area contributed by atoms with Crippen molar-refractivity contribution in [1.29, 1.82) is 0 Å². The summed E-state index contributed by atoms with van der Waals surface area (Å²) >= 11 is 4.97. The van der Waals surface area contributed by atoms with Gasteiger partial charge in [0.05, 0.1) is 21.9 Å². The van der Waals surface area contributed by atoms with Gasteiger partial charge in [0, 0.05) is 25.9 Å². The first-order chi connectivity index (χ1) is 9.10. The fourth-order valence-corrected chi connectivity index (χ4v) is 4.06. The van der Waals surface area contributed by atoms with Crippen LogP contribution < -0.4 is 0 Å². The molecular weight excluding hydrogens is 330 g/mol. The first-order valence-corrected chi connectivity index (χ1v) is 8.04. The highest BCUT2D eigenvalue weighted by atomic mass is 79.9. The molecule has 2 aliphatic heterocycles. The minimum atomic E-state index is -0.414. The van der Waals surface area contributed by atoms with Crippen LogP contribution in [0.25, 0.3) is 0 Å². The van der Waals surface area contributed by atoms with Gasteiger partial charge in [-0.05, 0) is 34.5 Å². The molecule has 0 aliphatic carbocycles. The molecule has 2 fully saturated rings. The van der Waals surface area contributed by atoms with Gasteiger partial charge in [0.2, 0.25) is 0 Å². The van der Waals surface area contributed by atoms with E-state index in [1.807, 2.05) is 17.9 Å². The third kappa shape index (κ3) is 2.59. The minimum Gasteiger partial charge on any atom is -0.347 e. The van der Waals surface area contributed by atoms with Crippen LogP contribution in [-0.4, -0.2) is 42.9 Å². The van der Waals surface area contributed by atoms with E-state index in [1.165, 1.54) is 11.3 Å². The highest BCUT2D eigenvalue weighted by molar-refractivity contribution is 9.11. The number of ether oxygens (including phenoxy) is 2. The SMILES string of the molecule is Cc1cc(C(=O)N2CCC3(CC2)OCCO3)sc1Br. The third-order valence-electron chi connectivity index (χ3n) is 3.69. The predicted octanol–water partition coefficient (Wildman–Crippen LogP) is 2.80. The van der Waals surface area contributed by atoms with Gasteiger partial charge in [-0.25, -0.2) is 0 Å². The molecule has 2 saturated heterocycles. The van der Waals surface area contributed by atoms with E-state index >= 15 is 0 Å². The second-order valence-corrected chi connectivity index (χ2v) is 7.34. The number of piperidine rings is 1. The van der Waals surface area contributed by atoms with Crippen LogP contribution in [0, 0.1) is 6.92 Å². The van der Waals surface area contributed by atoms with Gasteiger partial charge in [-0.3, -0.25) is 4.79 Å². The zero-order chi connectivity index (χ0) is 13.5. The summed E-state index contributed by atoms with van der Waals surface area (Å²) in [6.07, 6.45) is 1.54. The molecule has 1 amide bonds. The van der Waals surface area contributed by atoms with Crippen molar-refractivity contribution in [1.82, 2.24) is 4.90 Å². The van der Waals surface area contributed by atoms with Crippen LogP contribution in [0.2, 0.25) is 0 Å². The van der Waals surface area contributed by atoms with Gasteiger partial charge in [-0.15, -0.1) is 11.3 Å². The van der Waals surface area contributed by atoms with E-state index in [9.17, 15) is 4.79 Å². The molecule has 19 heavy (non-hydrogen) atoms. The molecule has 0 saturated carbocycles. The van der Waals surface area contributed by atoms with Crippen LogP contribution in [-0.2, 0) is 9.47 Å². The predicted molar refractivity (Wildman–Crippen MR) is 76.5 cm³/mol. The molecule has 2 aliphatic rings. The molecule has 3 rings (SSSR count). The molecule has 0 aromatic carbocycles. The molecule has 0 radical (unpaired) electrons. The lowest BCUT2D eigenvalue weighted by molar-refractivity contribution is -0.181. The van der Waals surface area contributed by atoms with Crippen molar-refractivity contribution in [2.75, 3.05) is 26.3 Å². The van der Waals surface area contributed by atoms with Crippen LogP contribution in [0.3, 0.4) is 0 Å². The molecule has 0 unspecified atom stereocenters. The Morgan fingerprint density at radius 2 is 2.00 bits per heavy atom. The second kappa shape index (κ2) is 5.16. The van der Waals surface area contributed by atoms with Gasteiger partial charge in [-0.2, -0.15) is 0 Å². The summed E-state index contributed by atoms with van der Waals surface area (Å²) in [6, 6.07) is 1.95. The lowest BCUT2D eigenvalue weighted by Gasteiger charge is -2.37. The van der Waals surface area contributed by atoms with E-state index in [1.54, 1.807) is 0 Å². The Morgan fingerprint density at radius 1 is 1.37 bits per heavy atom. The van der Waals surface area contributed by atoms with Crippen molar-refractivity contribution < 1.29 is 14.3 Å². The van der Waals surface area contributed by atoms with Crippen LogP contribution in [0.5, 0.6) is 0 Å². The van der Waals surface area contributed by atoms with Crippen molar-refractivity contribution in [3.05, 3.63) is 20.3 Å². The Morgan fingerprint density at radius 3 is 2.53 bits per heavy atom. The Hall–Kier alpha value is -0.430. The summed E-state index contributed by atoms with van der Waals surface area (Å²) in [4.78, 5) is 15.1. The van der Waals surface area contributed by atoms with Gasteiger partial charge < -0.3 is 14.4 Å². The lowest BCUT2D eigenvalue weighted by Crippen LogP contribution is -2.47. The zero-order valence-electron chi connectivity index (χ0n) is 10.8. The molecule has 1 aromatic rings. The molecule has 4 nitrogen and oxygen atoms in total. The minimum absolute atomic E-state index is 0.117. The Kier molecular flexibility index (Phi) is 3.68. The molecule has 0 bridgehead atoms. The van der Waals surface area contributed by atoms with E-state index in [0.29, 0.717) is 26.3 Å². The highest BCUT2D eigenvalue weighted by Crippen LogP contribution is 2.33. The number of likely N-dealkylation sites (tertiary alicyclic amines) is 1. The monoisotopic (exact) mass is 345 g/mol. The summed E-state index contributed by atoms with van der Waals surface area (Å²) in [7, 11) is 0. The van der Waals surface area contributed by atoms with Crippen LogP contribution in [0.15, 0.2) is 9.85 Å². The largest absolute Gasteiger partial charge is 0.347 e. The number of nitrogens with zero attached hydrogens (tertiary/aromatic N) is 1. The lowest BCUT2D eigenvalue weighted by atomic mass is 10.0. The van der Waals surface area contributed by atoms with E-state index in [2.05, 4.69) is 15.9 Å². The number of amides is 1. The first-order valence-electron chi connectivity index (χ1n) is 6.43. The van der Waals surface area contributed by atoms with Crippen molar-refractivity contribution in [2.24, 2.45) is 0 Å². The smallest absolute Gasteiger partial charge is 0.263 e. The number of aryl methyl sites for hydroxylation is 1. The maximum atomic E-state index is 12.4. The molecule has 1 aromatic heterocycles. The number of halogens is 1. The van der Waals surface area contributed by atoms with Gasteiger partial charge in [0.25, 0.3) is 5.91 Å². The molecule has 1 spiro atoms. The molecular formula is C13H16BrNO3S. The zero-order valence-corrected chi connectivity index (χ0v) is 13.2. The summed E-state index contributed by atoms with van der Waals surface area (Å²) in [6.45, 7) is 4.75. The maximum Gasteiger partial charge on any atom is 0.263 e. The van der Waals surface area contributed by atoms with Crippen LogP contribution in [0.1, 0.15) is 28.1 Å². The van der Waals surface area contributed by atoms with Crippen molar-refractivity contribution in [2.45, 2.75) is 25.6 Å². The average Bonchev–Trinajstić information content (AvgIpc) is 2.98. The standard InChI is InChI=1S/C13H16BrNO3S/c1-9-8-10(19-11(9)14)12(16)15-4-2-13(3-5-15)17-6-7-18-13/h8H,2-7H2,1H3. The topological polar surface area (TPSA) is 38.8 Å². The normalized spacial score (nSPS) is 22.1. The fourth-order valence-electron chi connectivity index (χ4n) is 2.56. The first kappa shape index (κ1) is 13.5. The fraction of sp³-hybridized carbons (Fsp3) is 0.615. The van der Waals surface area contributed by atoms with E-state index < -0.39 is 5.79 Å². The highest BCUT2D eigenvalue weighted by Gasteiger charge is 2.41. The Balaban J connectivity index is 1.66. The summed E-state index contributed by atoms with van der Waals surface area (Å²) in [5, 5.41) is 0. The van der Waals surface area contributed by atoms with Gasteiger partial charge in [0.1, 0.15) is 0 Å². The van der Waals surface area contributed by atoms with E-state index in [-0.39, 0.29) is 5.91 Å². The summed E-state index contributed by atoms with van der Waals surface area (Å²) < 4.78 is 12.4. The van der Waals surface area contributed by atoms with Crippen molar-refractivity contribution >= 4 is 33.2 Å². The second-order valence-electron chi connectivity index (χ2n) is 4.97. The van der Waals surface area contributed by atoms with Crippen molar-refractivity contribution in [3.63, 3.8) is 0 Å². The number of thiophene rings is 1. The van der Waals surface area contributed by atoms with Crippen molar-refractivity contribution in [3.8, 4) is 0 Å². The molecule has 3 heterocycles. The number of carbonyl (C=O) groups excluding carboxylic acids is 1. The third-order valence-corrected chi connectivity index (χ3v) is 5.82. The van der Waals surface area contributed by atoms with Gasteiger partial charge in [0.15, 0.2) is 5.79 Å². The molecule has 104 valence electrons. The Bertz CT molecular complexity index is 467. The summed E-state index contributed by atoms with van der Waals surface area (Å²) in [5.74, 6) is -0.297. The van der Waals surface area contributed by atoms with Gasteiger partial charge >= 0.3 is 0 Å². The average molecular weight is 346 g/mol. The number of rotatable bonds is 1. The Labute approximate surface area is 124 Å². The quantitative estimate of drug-likeness (QED) is 0.785. The number of hydrogen-bond acceptors (Lipinski definition) is 4. The van der Waals surface area contributed by atoms with Crippen LogP contribution >= 0.6 is 27.3 Å². The van der Waals surface area contributed by atoms with E-state index in [4.69, 9.17) is 9.47 Å². The van der Waals surface area contributed by atoms with E-state index in [0.717, 1.165) is 27.1 Å². The molecule has 0 atom stereocenters. The maximum absolute atomic E-state index is 12.4.